The molecule has 0 spiro atoms. The summed E-state index contributed by atoms with van der Waals surface area (Å²) in [6, 6.07) is 12.7. The summed E-state index contributed by atoms with van der Waals surface area (Å²) in [7, 11) is 0. The number of nitrogens with zero attached hydrogens (tertiary/aromatic N) is 3. The predicted octanol–water partition coefficient (Wildman–Crippen LogP) is 2.66. The third kappa shape index (κ3) is 3.82. The van der Waals surface area contributed by atoms with Crippen molar-refractivity contribution in [2.75, 3.05) is 26.3 Å². The molecular weight excluding hydrogens is 378 g/mol. The van der Waals surface area contributed by atoms with E-state index < -0.39 is 0 Å². The number of carbonyl (C=O) groups is 1. The number of ether oxygens (including phenoxy) is 1. The Kier molecular flexibility index (Phi) is 5.46. The summed E-state index contributed by atoms with van der Waals surface area (Å²) in [5, 5.41) is 6.63. The molecular formula is C23H27N5O2. The fourth-order valence-corrected chi connectivity index (χ4v) is 4.63. The van der Waals surface area contributed by atoms with E-state index in [-0.39, 0.29) is 11.9 Å². The number of nitrogens with one attached hydrogen (secondary N) is 2. The quantitative estimate of drug-likeness (QED) is 0.698. The van der Waals surface area contributed by atoms with Crippen LogP contribution in [0.1, 0.15) is 47.1 Å². The minimum absolute atomic E-state index is 0.0455. The molecule has 2 aliphatic heterocycles. The van der Waals surface area contributed by atoms with E-state index in [0.29, 0.717) is 17.5 Å². The van der Waals surface area contributed by atoms with Crippen LogP contribution in [0.4, 0.5) is 0 Å². The Morgan fingerprint density at radius 1 is 1.13 bits per heavy atom. The van der Waals surface area contributed by atoms with E-state index in [1.54, 1.807) is 6.20 Å². The van der Waals surface area contributed by atoms with Crippen LogP contribution in [0, 0.1) is 0 Å². The highest BCUT2D eigenvalue weighted by molar-refractivity contribution is 5.96. The summed E-state index contributed by atoms with van der Waals surface area (Å²) >= 11 is 0. The maximum atomic E-state index is 13.0. The molecule has 2 aliphatic rings. The zero-order valence-corrected chi connectivity index (χ0v) is 17.0. The van der Waals surface area contributed by atoms with Gasteiger partial charge in [-0.25, -0.2) is 9.97 Å². The van der Waals surface area contributed by atoms with Crippen LogP contribution in [0.25, 0.3) is 11.2 Å². The molecule has 3 aromatic rings. The summed E-state index contributed by atoms with van der Waals surface area (Å²) in [6.45, 7) is 3.26. The van der Waals surface area contributed by atoms with Gasteiger partial charge in [-0.05, 0) is 37.4 Å². The molecule has 0 unspecified atom stereocenters. The summed E-state index contributed by atoms with van der Waals surface area (Å²) < 4.78 is 7.58. The van der Waals surface area contributed by atoms with Gasteiger partial charge >= 0.3 is 0 Å². The third-order valence-corrected chi connectivity index (χ3v) is 6.29. The molecule has 4 heterocycles. The summed E-state index contributed by atoms with van der Waals surface area (Å²) in [5.41, 5.74) is 3.42. The first kappa shape index (κ1) is 19.2. The van der Waals surface area contributed by atoms with Gasteiger partial charge in [0.25, 0.3) is 5.91 Å². The van der Waals surface area contributed by atoms with Crippen molar-refractivity contribution >= 4 is 17.1 Å². The van der Waals surface area contributed by atoms with Crippen molar-refractivity contribution in [1.82, 2.24) is 25.2 Å². The van der Waals surface area contributed by atoms with Crippen molar-refractivity contribution < 1.29 is 9.53 Å². The molecule has 7 heteroatoms. The Morgan fingerprint density at radius 2 is 1.97 bits per heavy atom. The number of imidazole rings is 1. The van der Waals surface area contributed by atoms with Gasteiger partial charge in [-0.1, -0.05) is 30.3 Å². The smallest absolute Gasteiger partial charge is 0.253 e. The first-order chi connectivity index (χ1) is 14.8. The molecule has 2 N–H and O–H groups in total. The Morgan fingerprint density at radius 3 is 2.80 bits per heavy atom. The normalized spacial score (nSPS) is 22.8. The van der Waals surface area contributed by atoms with Crippen molar-refractivity contribution in [3.8, 4) is 0 Å². The van der Waals surface area contributed by atoms with E-state index >= 15 is 0 Å². The molecule has 156 valence electrons. The minimum atomic E-state index is -0.0975. The van der Waals surface area contributed by atoms with Gasteiger partial charge < -0.3 is 19.9 Å². The molecule has 0 aliphatic carbocycles. The number of carbonyl (C=O) groups excluding carboxylic acids is 1. The van der Waals surface area contributed by atoms with E-state index in [2.05, 4.69) is 49.4 Å². The molecule has 7 nitrogen and oxygen atoms in total. The van der Waals surface area contributed by atoms with Gasteiger partial charge in [-0.15, -0.1) is 0 Å². The van der Waals surface area contributed by atoms with Crippen LogP contribution in [-0.4, -0.2) is 52.8 Å². The van der Waals surface area contributed by atoms with Crippen LogP contribution < -0.4 is 10.6 Å². The molecule has 1 amide bonds. The molecule has 0 saturated carbocycles. The van der Waals surface area contributed by atoms with Crippen molar-refractivity contribution in [2.45, 2.75) is 37.3 Å². The Hall–Kier alpha value is -2.77. The number of benzene rings is 1. The van der Waals surface area contributed by atoms with E-state index in [0.717, 1.165) is 56.7 Å². The lowest BCUT2D eigenvalue weighted by molar-refractivity contribution is 0.0704. The Labute approximate surface area is 175 Å². The Balaban J connectivity index is 1.34. The lowest BCUT2D eigenvalue weighted by Crippen LogP contribution is -2.50. The van der Waals surface area contributed by atoms with Gasteiger partial charge in [0.05, 0.1) is 11.9 Å². The van der Waals surface area contributed by atoms with Crippen LogP contribution in [-0.2, 0) is 4.74 Å². The number of hydrogen-bond acceptors (Lipinski definition) is 5. The van der Waals surface area contributed by atoms with Crippen LogP contribution in [0.5, 0.6) is 0 Å². The van der Waals surface area contributed by atoms with E-state index in [1.165, 1.54) is 5.56 Å². The highest BCUT2D eigenvalue weighted by Gasteiger charge is 2.28. The standard InChI is InChI=1S/C23H27N5O2/c29-23(27-21-14-24-9-6-19(21)16-4-2-1-3-5-16)17-12-20-22(25-13-17)28(15-26-20)18-7-10-30-11-8-18/h1-5,12-13,15,18-19,21,24H,6-11,14H2,(H,27,29)/t19-,21-/m0/s1. The maximum Gasteiger partial charge on any atom is 0.253 e. The van der Waals surface area contributed by atoms with Crippen molar-refractivity contribution in [3.63, 3.8) is 0 Å². The molecule has 2 atom stereocenters. The highest BCUT2D eigenvalue weighted by atomic mass is 16.5. The van der Waals surface area contributed by atoms with Gasteiger partial charge in [0.2, 0.25) is 0 Å². The number of hydrogen-bond donors (Lipinski definition) is 2. The van der Waals surface area contributed by atoms with Crippen molar-refractivity contribution in [2.24, 2.45) is 0 Å². The number of amides is 1. The molecule has 0 bridgehead atoms. The van der Waals surface area contributed by atoms with Crippen LogP contribution in [0.3, 0.4) is 0 Å². The number of aromatic nitrogens is 3. The average Bonchev–Trinajstić information content (AvgIpc) is 3.24. The van der Waals surface area contributed by atoms with Gasteiger partial charge in [0.1, 0.15) is 5.52 Å². The van der Waals surface area contributed by atoms with Crippen molar-refractivity contribution in [3.05, 3.63) is 60.0 Å². The molecule has 30 heavy (non-hydrogen) atoms. The average molecular weight is 406 g/mol. The van der Waals surface area contributed by atoms with Crippen LogP contribution in [0.2, 0.25) is 0 Å². The molecule has 2 saturated heterocycles. The van der Waals surface area contributed by atoms with Crippen LogP contribution in [0.15, 0.2) is 48.9 Å². The van der Waals surface area contributed by atoms with E-state index in [4.69, 9.17) is 4.74 Å². The topological polar surface area (TPSA) is 81.1 Å². The molecule has 1 aromatic carbocycles. The fourth-order valence-electron chi connectivity index (χ4n) is 4.63. The predicted molar refractivity (Wildman–Crippen MR) is 115 cm³/mol. The van der Waals surface area contributed by atoms with E-state index in [1.807, 2.05) is 18.5 Å². The number of fused-ring (bicyclic) bond motifs is 1. The lowest BCUT2D eigenvalue weighted by atomic mass is 9.86. The molecule has 5 rings (SSSR count). The third-order valence-electron chi connectivity index (χ3n) is 6.29. The summed E-state index contributed by atoms with van der Waals surface area (Å²) in [5.74, 6) is 0.209. The summed E-state index contributed by atoms with van der Waals surface area (Å²) in [6.07, 6.45) is 6.44. The lowest BCUT2D eigenvalue weighted by Gasteiger charge is -2.33. The monoisotopic (exact) mass is 405 g/mol. The van der Waals surface area contributed by atoms with Crippen LogP contribution >= 0.6 is 0 Å². The molecule has 2 aromatic heterocycles. The molecule has 2 fully saturated rings. The maximum absolute atomic E-state index is 13.0. The van der Waals surface area contributed by atoms with Crippen molar-refractivity contribution in [1.29, 1.82) is 0 Å². The summed E-state index contributed by atoms with van der Waals surface area (Å²) in [4.78, 5) is 22.1. The van der Waals surface area contributed by atoms with Gasteiger partial charge in [-0.3, -0.25) is 4.79 Å². The number of pyridine rings is 1. The van der Waals surface area contributed by atoms with Gasteiger partial charge in [-0.2, -0.15) is 0 Å². The fraction of sp³-hybridized carbons (Fsp3) is 0.435. The first-order valence-corrected chi connectivity index (χ1v) is 10.8. The zero-order chi connectivity index (χ0) is 20.3. The largest absolute Gasteiger partial charge is 0.381 e. The van der Waals surface area contributed by atoms with Gasteiger partial charge in [0, 0.05) is 44.0 Å². The second-order valence-corrected chi connectivity index (χ2v) is 8.15. The number of rotatable bonds is 4. The number of piperidine rings is 1. The second-order valence-electron chi connectivity index (χ2n) is 8.15. The Bertz CT molecular complexity index is 1010. The van der Waals surface area contributed by atoms with Gasteiger partial charge in [0.15, 0.2) is 5.65 Å². The first-order valence-electron chi connectivity index (χ1n) is 10.8. The highest BCUT2D eigenvalue weighted by Crippen LogP contribution is 2.27. The second kappa shape index (κ2) is 8.53. The minimum Gasteiger partial charge on any atom is -0.381 e. The van der Waals surface area contributed by atoms with E-state index in [9.17, 15) is 4.79 Å². The zero-order valence-electron chi connectivity index (χ0n) is 17.0. The molecule has 0 radical (unpaired) electrons. The SMILES string of the molecule is O=C(N[C@H]1CNCC[C@H]1c1ccccc1)c1cnc2c(c1)ncn2C1CCOCC1.